The molecule has 0 radical (unpaired) electrons. The molecule has 0 spiro atoms. The van der Waals surface area contributed by atoms with E-state index in [1.165, 1.54) is 0 Å². The zero-order valence-corrected chi connectivity index (χ0v) is 19.1. The van der Waals surface area contributed by atoms with E-state index in [0.717, 1.165) is 34.2 Å². The Labute approximate surface area is 183 Å². The molecule has 1 unspecified atom stereocenters. The van der Waals surface area contributed by atoms with Crippen LogP contribution < -0.4 is 16.4 Å². The lowest BCUT2D eigenvalue weighted by Crippen LogP contribution is -2.27. The molecule has 1 atom stereocenters. The van der Waals surface area contributed by atoms with E-state index >= 15 is 0 Å². The van der Waals surface area contributed by atoms with E-state index in [0.29, 0.717) is 17.7 Å². The number of hydrogen-bond acceptors (Lipinski definition) is 4. The summed E-state index contributed by atoms with van der Waals surface area (Å²) in [5, 5.41) is 2.97. The van der Waals surface area contributed by atoms with E-state index < -0.39 is 0 Å². The molecule has 0 aliphatic rings. The van der Waals surface area contributed by atoms with Crippen LogP contribution in [0.15, 0.2) is 52.2 Å². The number of carbonyl (C=O) groups excluding carboxylic acids is 1. The maximum atomic E-state index is 12.3. The topological polar surface area (TPSA) is 84.0 Å². The number of aldehydes is 1. The molecule has 0 amide bonds. The molecule has 3 rings (SSSR count). The van der Waals surface area contributed by atoms with Crippen molar-refractivity contribution in [3.05, 3.63) is 102 Å². The zero-order valence-electron chi connectivity index (χ0n) is 19.1. The summed E-state index contributed by atoms with van der Waals surface area (Å²) in [6.45, 7) is 10.0. The van der Waals surface area contributed by atoms with Crippen molar-refractivity contribution in [3.8, 4) is 0 Å². The average molecular weight is 422 g/mol. The van der Waals surface area contributed by atoms with Gasteiger partial charge in [0.15, 0.2) is 6.29 Å². The highest BCUT2D eigenvalue weighted by atomic mass is 16.1. The molecule has 6 nitrogen and oxygen atoms in total. The third-order valence-corrected chi connectivity index (χ3v) is 5.38. The Kier molecular flexibility index (Phi) is 8.28. The van der Waals surface area contributed by atoms with Gasteiger partial charge in [0, 0.05) is 35.1 Å². The number of aryl methyl sites for hydroxylation is 3. The lowest BCUT2D eigenvalue weighted by molar-refractivity contribution is 0.112. The maximum Gasteiger partial charge on any atom is 0.254 e. The molecular formula is C25H31N3O3. The fourth-order valence-corrected chi connectivity index (χ4v) is 3.58. The minimum Gasteiger partial charge on any atom is -0.326 e. The number of H-pyrrole nitrogens is 1. The van der Waals surface area contributed by atoms with Crippen LogP contribution in [0.3, 0.4) is 0 Å². The number of benzene rings is 1. The van der Waals surface area contributed by atoms with Gasteiger partial charge in [-0.25, -0.2) is 0 Å². The zero-order chi connectivity index (χ0) is 23.1. The van der Waals surface area contributed by atoms with E-state index in [9.17, 15) is 14.4 Å². The summed E-state index contributed by atoms with van der Waals surface area (Å²) >= 11 is 0. The summed E-state index contributed by atoms with van der Waals surface area (Å²) in [5.74, 6) is 0. The fraction of sp³-hybridized carbons (Fsp3) is 0.320. The molecule has 0 fully saturated rings. The summed E-state index contributed by atoms with van der Waals surface area (Å²) < 4.78 is 1.69. The number of aromatic amines is 1. The molecule has 0 bridgehead atoms. The van der Waals surface area contributed by atoms with Crippen molar-refractivity contribution >= 4 is 6.29 Å². The first kappa shape index (κ1) is 24.0. The smallest absolute Gasteiger partial charge is 0.254 e. The van der Waals surface area contributed by atoms with Crippen molar-refractivity contribution in [2.24, 2.45) is 0 Å². The monoisotopic (exact) mass is 421 g/mol. The molecule has 6 heteroatoms. The number of aromatic nitrogens is 2. The Morgan fingerprint density at radius 3 is 2.26 bits per heavy atom. The minimum absolute atomic E-state index is 0.0156. The third kappa shape index (κ3) is 5.67. The second kappa shape index (κ2) is 10.7. The molecule has 1 aromatic carbocycles. The molecule has 2 aromatic heterocycles. The van der Waals surface area contributed by atoms with Crippen LogP contribution in [-0.2, 0) is 6.54 Å². The molecule has 0 aliphatic carbocycles. The van der Waals surface area contributed by atoms with Crippen LogP contribution >= 0.6 is 0 Å². The van der Waals surface area contributed by atoms with Gasteiger partial charge in [-0.1, -0.05) is 30.3 Å². The van der Waals surface area contributed by atoms with Gasteiger partial charge in [-0.15, -0.1) is 0 Å². The Morgan fingerprint density at radius 2 is 1.71 bits per heavy atom. The fourth-order valence-electron chi connectivity index (χ4n) is 3.58. The SMILES string of the molecule is CNCc1c(C)cc(C)[nH]c1=O.Cc1cn(C(C)c2ccccc2)c(=O)c(C)c1C=O. The van der Waals surface area contributed by atoms with Crippen LogP contribution in [0, 0.1) is 27.7 Å². The Bertz CT molecular complexity index is 1160. The summed E-state index contributed by atoms with van der Waals surface area (Å²) in [6, 6.07) is 11.8. The Balaban J connectivity index is 0.000000245. The van der Waals surface area contributed by atoms with Gasteiger partial charge in [0.05, 0.1) is 6.04 Å². The number of rotatable bonds is 5. The van der Waals surface area contributed by atoms with Gasteiger partial charge in [0.25, 0.3) is 11.1 Å². The Hall–Kier alpha value is -3.25. The van der Waals surface area contributed by atoms with Gasteiger partial charge in [-0.2, -0.15) is 0 Å². The molecular weight excluding hydrogens is 390 g/mol. The van der Waals surface area contributed by atoms with E-state index in [-0.39, 0.29) is 17.2 Å². The van der Waals surface area contributed by atoms with E-state index in [1.807, 2.05) is 71.1 Å². The summed E-state index contributed by atoms with van der Waals surface area (Å²) in [5.41, 5.74) is 5.60. The van der Waals surface area contributed by atoms with Crippen LogP contribution in [0.5, 0.6) is 0 Å². The largest absolute Gasteiger partial charge is 0.326 e. The van der Waals surface area contributed by atoms with Crippen LogP contribution in [-0.4, -0.2) is 22.9 Å². The second-order valence-corrected chi connectivity index (χ2v) is 7.74. The van der Waals surface area contributed by atoms with Crippen molar-refractivity contribution in [2.45, 2.75) is 47.2 Å². The first-order chi connectivity index (χ1) is 14.7. The van der Waals surface area contributed by atoms with Crippen molar-refractivity contribution < 1.29 is 4.79 Å². The summed E-state index contributed by atoms with van der Waals surface area (Å²) in [6.07, 6.45) is 2.51. The predicted molar refractivity (Wildman–Crippen MR) is 125 cm³/mol. The van der Waals surface area contributed by atoms with Gasteiger partial charge in [-0.05, 0) is 64.4 Å². The van der Waals surface area contributed by atoms with Gasteiger partial charge >= 0.3 is 0 Å². The number of pyridine rings is 2. The van der Waals surface area contributed by atoms with Crippen LogP contribution in [0.2, 0.25) is 0 Å². The number of carbonyl (C=O) groups is 1. The normalized spacial score (nSPS) is 11.4. The molecule has 0 aliphatic heterocycles. The van der Waals surface area contributed by atoms with Crippen molar-refractivity contribution in [2.75, 3.05) is 7.05 Å². The first-order valence-corrected chi connectivity index (χ1v) is 10.3. The highest BCUT2D eigenvalue weighted by molar-refractivity contribution is 5.78. The minimum atomic E-state index is -0.107. The number of nitrogens with one attached hydrogen (secondary N) is 2. The van der Waals surface area contributed by atoms with Crippen LogP contribution in [0.25, 0.3) is 0 Å². The van der Waals surface area contributed by atoms with E-state index in [1.54, 1.807) is 17.7 Å². The Morgan fingerprint density at radius 1 is 1.06 bits per heavy atom. The molecule has 164 valence electrons. The van der Waals surface area contributed by atoms with Crippen LogP contribution in [0.4, 0.5) is 0 Å². The number of nitrogens with zero attached hydrogens (tertiary/aromatic N) is 1. The van der Waals surface area contributed by atoms with Crippen molar-refractivity contribution in [1.82, 2.24) is 14.9 Å². The maximum absolute atomic E-state index is 12.3. The van der Waals surface area contributed by atoms with Gasteiger partial charge < -0.3 is 14.9 Å². The molecule has 2 N–H and O–H groups in total. The summed E-state index contributed by atoms with van der Waals surface area (Å²) in [7, 11) is 1.83. The second-order valence-electron chi connectivity index (χ2n) is 7.74. The standard InChI is InChI=1S/C16H17NO2.C9H14N2O/c1-11-9-17(16(19)12(2)15(11)10-18)13(3)14-7-5-4-6-8-14;1-6-4-7(2)11-9(12)8(6)5-10-3/h4-10,13H,1-3H3;4,10H,5H2,1-3H3,(H,11,12). The molecule has 0 saturated carbocycles. The quantitative estimate of drug-likeness (QED) is 0.617. The third-order valence-electron chi connectivity index (χ3n) is 5.38. The first-order valence-electron chi connectivity index (χ1n) is 10.3. The lowest BCUT2D eigenvalue weighted by atomic mass is 10.0. The molecule has 2 heterocycles. The molecule has 3 aromatic rings. The molecule has 0 saturated heterocycles. The van der Waals surface area contributed by atoms with E-state index in [4.69, 9.17) is 0 Å². The van der Waals surface area contributed by atoms with Crippen LogP contribution in [0.1, 0.15) is 56.8 Å². The van der Waals surface area contributed by atoms with E-state index in [2.05, 4.69) is 10.3 Å². The lowest BCUT2D eigenvalue weighted by Gasteiger charge is -2.18. The predicted octanol–water partition coefficient (Wildman–Crippen LogP) is 3.60. The van der Waals surface area contributed by atoms with Gasteiger partial charge in [0.1, 0.15) is 0 Å². The highest BCUT2D eigenvalue weighted by Crippen LogP contribution is 2.17. The van der Waals surface area contributed by atoms with Crippen molar-refractivity contribution in [3.63, 3.8) is 0 Å². The summed E-state index contributed by atoms with van der Waals surface area (Å²) in [4.78, 5) is 37.4. The van der Waals surface area contributed by atoms with Gasteiger partial charge in [-0.3, -0.25) is 14.4 Å². The molecule has 31 heavy (non-hydrogen) atoms. The average Bonchev–Trinajstić information content (AvgIpc) is 2.74. The van der Waals surface area contributed by atoms with Gasteiger partial charge in [0.2, 0.25) is 0 Å². The number of hydrogen-bond donors (Lipinski definition) is 2. The highest BCUT2D eigenvalue weighted by Gasteiger charge is 2.14. The van der Waals surface area contributed by atoms with Crippen molar-refractivity contribution in [1.29, 1.82) is 0 Å².